The Morgan fingerprint density at radius 1 is 0.294 bits per heavy atom. The zero-order valence-corrected chi connectivity index (χ0v) is 18.1. The van der Waals surface area contributed by atoms with Gasteiger partial charge in [0.15, 0.2) is 0 Å². The number of fused-ring (bicyclic) bond motifs is 3. The molecule has 0 fully saturated rings. The van der Waals surface area contributed by atoms with Crippen molar-refractivity contribution in [3.8, 4) is 0 Å². The molecule has 0 aliphatic carbocycles. The van der Waals surface area contributed by atoms with Gasteiger partial charge in [0, 0.05) is 32.3 Å². The Labute approximate surface area is 202 Å². The first kappa shape index (κ1) is 21.5. The molecule has 0 heteroatoms. The number of rotatable bonds is 0. The van der Waals surface area contributed by atoms with E-state index in [4.69, 9.17) is 0 Å². The van der Waals surface area contributed by atoms with Crippen molar-refractivity contribution in [2.75, 3.05) is 0 Å². The largest absolute Gasteiger partial charge is 0.0689 e. The molecule has 0 spiro atoms. The van der Waals surface area contributed by atoms with Crippen LogP contribution in [0.25, 0.3) is 32.3 Å². The van der Waals surface area contributed by atoms with E-state index in [2.05, 4.69) is 84.9 Å². The second-order valence-corrected chi connectivity index (χ2v) is 6.76. The molecule has 0 aliphatic rings. The van der Waals surface area contributed by atoms with Crippen LogP contribution in [0.1, 0.15) is 0 Å². The van der Waals surface area contributed by atoms with Crippen LogP contribution in [0.5, 0.6) is 0 Å². The lowest BCUT2D eigenvalue weighted by molar-refractivity contribution is 1.79. The van der Waals surface area contributed by atoms with Crippen LogP contribution in [0.3, 0.4) is 0 Å². The second kappa shape index (κ2) is 11.6. The molecule has 0 heterocycles. The summed E-state index contributed by atoms with van der Waals surface area (Å²) < 4.78 is 0. The molecule has 150 valence electrons. The average molecular weight is 422 g/mol. The quantitative estimate of drug-likeness (QED) is 0.291. The molecule has 0 saturated heterocycles. The van der Waals surface area contributed by atoms with Gasteiger partial charge in [0.25, 0.3) is 0 Å². The van der Waals surface area contributed by atoms with Gasteiger partial charge in [0.2, 0.25) is 0 Å². The van der Waals surface area contributed by atoms with E-state index < -0.39 is 0 Å². The fraction of sp³-hybridized carbons (Fsp3) is 0. The second-order valence-electron chi connectivity index (χ2n) is 6.76. The molecule has 0 aliphatic heterocycles. The molecule has 4 aromatic carbocycles. The van der Waals surface area contributed by atoms with Gasteiger partial charge in [-0.3, -0.25) is 0 Å². The first-order valence-electron chi connectivity index (χ1n) is 10.4. The highest BCUT2D eigenvalue weighted by Gasteiger charge is 1.84. The Morgan fingerprint density at radius 2 is 0.559 bits per heavy atom. The molecule has 4 rings (SSSR count). The normalized spacial score (nSPS) is 8.12. The monoisotopic (exact) mass is 422 g/mol. The van der Waals surface area contributed by atoms with Crippen LogP contribution in [0, 0.1) is 84.9 Å². The van der Waals surface area contributed by atoms with Crippen molar-refractivity contribution < 1.29 is 0 Å². The van der Waals surface area contributed by atoms with Gasteiger partial charge >= 0.3 is 0 Å². The van der Waals surface area contributed by atoms with Crippen LogP contribution in [0.2, 0.25) is 0 Å². The van der Waals surface area contributed by atoms with Gasteiger partial charge in [0.05, 0.1) is 0 Å². The maximum absolute atomic E-state index is 3.12. The van der Waals surface area contributed by atoms with E-state index in [9.17, 15) is 0 Å². The molecule has 0 atom stereocenters. The molecule has 0 N–H and O–H groups in total. The Kier molecular flexibility index (Phi) is 7.38. The zero-order chi connectivity index (χ0) is 23.3. The molecule has 0 amide bonds. The fourth-order valence-electron chi connectivity index (χ4n) is 2.88. The molecular formula is C34H14. The molecule has 4 aromatic rings. The third kappa shape index (κ3) is 6.16. The minimum atomic E-state index is 0.792. The van der Waals surface area contributed by atoms with E-state index >= 15 is 0 Å². The first-order chi connectivity index (χ1) is 16.9. The summed E-state index contributed by atoms with van der Waals surface area (Å²) >= 11 is 0. The van der Waals surface area contributed by atoms with Crippen molar-refractivity contribution in [2.45, 2.75) is 0 Å². The molecule has 34 heavy (non-hydrogen) atoms. The Bertz CT molecular complexity index is 1400. The Balaban J connectivity index is 1.91. The van der Waals surface area contributed by atoms with Gasteiger partial charge in [0.1, 0.15) is 0 Å². The predicted molar refractivity (Wildman–Crippen MR) is 133 cm³/mol. The van der Waals surface area contributed by atoms with Crippen molar-refractivity contribution >= 4 is 32.3 Å². The Hall–Kier alpha value is -5.68. The van der Waals surface area contributed by atoms with Crippen LogP contribution < -0.4 is 0 Å². The van der Waals surface area contributed by atoms with E-state index in [1.807, 2.05) is 72.8 Å². The summed E-state index contributed by atoms with van der Waals surface area (Å²) in [6.45, 7) is 0. The van der Waals surface area contributed by atoms with Crippen LogP contribution in [-0.2, 0) is 0 Å². The van der Waals surface area contributed by atoms with E-state index in [0.29, 0.717) is 0 Å². The highest BCUT2D eigenvalue weighted by Crippen LogP contribution is 2.06. The summed E-state index contributed by atoms with van der Waals surface area (Å²) in [4.78, 5) is 0. The van der Waals surface area contributed by atoms with Crippen LogP contribution >= 0.6 is 0 Å². The number of hydrogen-bond acceptors (Lipinski definition) is 0. The maximum Gasteiger partial charge on any atom is 0.0412 e. The lowest BCUT2D eigenvalue weighted by atomic mass is 10.2. The summed E-state index contributed by atoms with van der Waals surface area (Å²) in [7, 11) is 0. The highest BCUT2D eigenvalue weighted by atomic mass is 13.9. The molecule has 0 nitrogen and oxygen atoms in total. The van der Waals surface area contributed by atoms with Crippen molar-refractivity contribution in [1.82, 2.24) is 0 Å². The van der Waals surface area contributed by atoms with Crippen LogP contribution in [0.15, 0.2) is 84.9 Å². The summed E-state index contributed by atoms with van der Waals surface area (Å²) in [5.74, 6) is 0. The molecular weight excluding hydrogens is 408 g/mol. The SMILES string of the molecule is c1c#cc2ccccc2c#cc#cc2ccccc2c#cccc#cc2ccccc2c#cc#1. The highest BCUT2D eigenvalue weighted by molar-refractivity contribution is 5.79. The summed E-state index contributed by atoms with van der Waals surface area (Å²) in [5.41, 5.74) is 0. The van der Waals surface area contributed by atoms with E-state index in [1.165, 1.54) is 0 Å². The van der Waals surface area contributed by atoms with E-state index in [0.717, 1.165) is 32.3 Å². The van der Waals surface area contributed by atoms with Gasteiger partial charge in [-0.15, -0.1) is 0 Å². The smallest absolute Gasteiger partial charge is 0.0412 e. The lowest BCUT2D eigenvalue weighted by Crippen LogP contribution is -1.62. The third-order valence-electron chi connectivity index (χ3n) is 4.48. The molecule has 0 bridgehead atoms. The van der Waals surface area contributed by atoms with Crippen LogP contribution in [0.4, 0.5) is 0 Å². The maximum atomic E-state index is 3.12. The molecule has 0 radical (unpaired) electrons. The van der Waals surface area contributed by atoms with Gasteiger partial charge in [-0.2, -0.15) is 0 Å². The molecule has 0 aromatic heterocycles. The minimum Gasteiger partial charge on any atom is -0.0689 e. The zero-order valence-electron chi connectivity index (χ0n) is 18.1. The minimum absolute atomic E-state index is 0.792. The number of benzene rings is 3. The van der Waals surface area contributed by atoms with Crippen molar-refractivity contribution in [1.29, 1.82) is 0 Å². The molecule has 0 unspecified atom stereocenters. The lowest BCUT2D eigenvalue weighted by Gasteiger charge is -1.83. The van der Waals surface area contributed by atoms with Crippen molar-refractivity contribution in [3.05, 3.63) is 170 Å². The fourth-order valence-corrected chi connectivity index (χ4v) is 2.88. The summed E-state index contributed by atoms with van der Waals surface area (Å²) in [5, 5.41) is 4.89. The van der Waals surface area contributed by atoms with Gasteiger partial charge in [-0.25, -0.2) is 0 Å². The summed E-state index contributed by atoms with van der Waals surface area (Å²) in [6.07, 6.45) is 0. The van der Waals surface area contributed by atoms with Gasteiger partial charge in [-0.05, 0) is 84.9 Å². The van der Waals surface area contributed by atoms with E-state index in [1.54, 1.807) is 12.1 Å². The van der Waals surface area contributed by atoms with Crippen molar-refractivity contribution in [3.63, 3.8) is 0 Å². The Morgan fingerprint density at radius 3 is 0.882 bits per heavy atom. The summed E-state index contributed by atoms with van der Waals surface area (Å²) in [6, 6.07) is 68.1. The van der Waals surface area contributed by atoms with Gasteiger partial charge < -0.3 is 0 Å². The average Bonchev–Trinajstić information content (AvgIpc) is 2.87. The van der Waals surface area contributed by atoms with Gasteiger partial charge in [-0.1, -0.05) is 84.9 Å². The van der Waals surface area contributed by atoms with E-state index in [-0.39, 0.29) is 0 Å². The predicted octanol–water partition coefficient (Wildman–Crippen LogP) is 6.85. The number of hydrogen-bond donors (Lipinski definition) is 0. The molecule has 0 saturated carbocycles. The topological polar surface area (TPSA) is 0 Å². The first-order valence-corrected chi connectivity index (χ1v) is 10.4. The van der Waals surface area contributed by atoms with Crippen LogP contribution in [-0.4, -0.2) is 0 Å². The standard InChI is InChI=1S/C34H14/c1-3-7-19-31-23-11-13-25-33(31)27-15-16-28-34-26-14-12-24-32(34)20-8-4-2-6-18-30-22-10-9-21-29(30)17-5-1/h1,3,9-14,21-26H. The van der Waals surface area contributed by atoms with Crippen molar-refractivity contribution in [2.24, 2.45) is 0 Å². The third-order valence-corrected chi connectivity index (χ3v) is 4.48.